The number of phenolic OH excluding ortho intramolecular Hbond substituents is 1. The number of methoxy groups -OCH3 is 1. The van der Waals surface area contributed by atoms with Gasteiger partial charge in [0.05, 0.1) is 46.7 Å². The van der Waals surface area contributed by atoms with E-state index in [0.717, 1.165) is 5.01 Å². The Morgan fingerprint density at radius 3 is 2.24 bits per heavy atom. The van der Waals surface area contributed by atoms with Gasteiger partial charge in [0.25, 0.3) is 11.8 Å². The lowest BCUT2D eigenvalue weighted by Crippen LogP contribution is -2.53. The van der Waals surface area contributed by atoms with Crippen molar-refractivity contribution in [2.45, 2.75) is 24.2 Å². The average Bonchev–Trinajstić information content (AvgIpc) is 3.51. The predicted octanol–water partition coefficient (Wildman–Crippen LogP) is 7.55. The monoisotopic (exact) mass is 741 g/mol. The highest BCUT2D eigenvalue weighted by molar-refractivity contribution is 6.36. The first-order chi connectivity index (χ1) is 24.6. The van der Waals surface area contributed by atoms with E-state index in [1.807, 2.05) is 12.1 Å². The lowest BCUT2D eigenvalue weighted by Gasteiger charge is -2.50. The first-order valence-corrected chi connectivity index (χ1v) is 17.6. The Morgan fingerprint density at radius 2 is 1.53 bits per heavy atom. The summed E-state index contributed by atoms with van der Waals surface area (Å²) >= 11 is 19.3. The fourth-order valence-electron chi connectivity index (χ4n) is 8.78. The number of hydrazine groups is 1. The lowest BCUT2D eigenvalue weighted by atomic mass is 9.49. The third kappa shape index (κ3) is 4.97. The number of carbonyl (C=O) groups is 4. The van der Waals surface area contributed by atoms with Gasteiger partial charge >= 0.3 is 0 Å². The van der Waals surface area contributed by atoms with E-state index >= 15 is 4.79 Å². The predicted molar refractivity (Wildman–Crippen MR) is 193 cm³/mol. The van der Waals surface area contributed by atoms with Gasteiger partial charge in [-0.3, -0.25) is 29.5 Å². The Balaban J connectivity index is 1.35. The molecule has 258 valence electrons. The Hall–Kier alpha value is -4.83. The highest BCUT2D eigenvalue weighted by Gasteiger charge is 2.70. The molecule has 4 aromatic rings. The van der Waals surface area contributed by atoms with Crippen LogP contribution >= 0.6 is 34.8 Å². The molecule has 2 aliphatic heterocycles. The molecule has 9 nitrogen and oxygen atoms in total. The van der Waals surface area contributed by atoms with Gasteiger partial charge in [0.15, 0.2) is 0 Å². The minimum Gasteiger partial charge on any atom is -0.508 e. The van der Waals surface area contributed by atoms with Crippen LogP contribution in [-0.2, 0) is 24.6 Å². The molecule has 0 spiro atoms. The molecule has 6 unspecified atom stereocenters. The molecule has 0 radical (unpaired) electrons. The number of anilines is 2. The fourth-order valence-corrected chi connectivity index (χ4v) is 9.41. The van der Waals surface area contributed by atoms with E-state index in [2.05, 4.69) is 5.43 Å². The van der Waals surface area contributed by atoms with E-state index in [4.69, 9.17) is 39.5 Å². The fraction of sp³-hybridized carbons (Fsp3) is 0.231. The Labute approximate surface area is 308 Å². The number of nitrogens with zero attached hydrogens (tertiary/aromatic N) is 2. The van der Waals surface area contributed by atoms with Crippen LogP contribution in [0, 0.1) is 23.7 Å². The first kappa shape index (κ1) is 33.3. The highest BCUT2D eigenvalue weighted by Crippen LogP contribution is 2.65. The standard InChI is InChI=1S/C39H30Cl3N3O6/c1-51-24-11-7-20(8-12-24)39-29(36(48)45(38(39)50)43-31-15-9-22(41)18-30(31)42)19-27-25(34(39)28-17-21(40)10-16-32(28)46)13-14-26-33(27)37(49)44(35(26)47)23-5-3-2-4-6-23/h2-13,15-18,26-27,29,33-34,43,46H,14,19H2,1H3. The number of phenols is 1. The third-order valence-electron chi connectivity index (χ3n) is 10.9. The second kappa shape index (κ2) is 12.4. The second-order valence-corrected chi connectivity index (χ2v) is 14.5. The van der Waals surface area contributed by atoms with Crippen LogP contribution in [0.2, 0.25) is 15.1 Å². The summed E-state index contributed by atoms with van der Waals surface area (Å²) in [6.07, 6.45) is 2.23. The number of benzene rings is 4. The molecule has 8 rings (SSSR count). The first-order valence-electron chi connectivity index (χ1n) is 16.4. The number of amides is 4. The molecule has 2 saturated heterocycles. The zero-order chi connectivity index (χ0) is 35.8. The summed E-state index contributed by atoms with van der Waals surface area (Å²) in [7, 11) is 1.53. The van der Waals surface area contributed by atoms with Crippen molar-refractivity contribution < 1.29 is 29.0 Å². The number of ether oxygens (including phenoxy) is 1. The van der Waals surface area contributed by atoms with Crippen LogP contribution in [0.15, 0.2) is 103 Å². The Kier molecular flexibility index (Phi) is 8.13. The molecule has 2 aliphatic carbocycles. The van der Waals surface area contributed by atoms with Crippen LogP contribution in [-0.4, -0.2) is 40.9 Å². The maximum atomic E-state index is 15.3. The van der Waals surface area contributed by atoms with Crippen molar-refractivity contribution >= 4 is 69.8 Å². The number of hydrogen-bond acceptors (Lipinski definition) is 7. The van der Waals surface area contributed by atoms with Crippen molar-refractivity contribution in [3.63, 3.8) is 0 Å². The topological polar surface area (TPSA) is 116 Å². The van der Waals surface area contributed by atoms with Gasteiger partial charge in [-0.2, -0.15) is 5.01 Å². The summed E-state index contributed by atoms with van der Waals surface area (Å²) in [4.78, 5) is 59.7. The quantitative estimate of drug-likeness (QED) is 0.155. The SMILES string of the molecule is COc1ccc(C23C(=O)N(Nc4ccc(Cl)cc4Cl)C(=O)C2CC2C(=CCC4C(=O)N(c5ccccc5)C(=O)C42)C3c2cc(Cl)ccc2O)cc1. The zero-order valence-corrected chi connectivity index (χ0v) is 29.3. The smallest absolute Gasteiger partial charge is 0.260 e. The minimum absolute atomic E-state index is 0.0790. The number of imide groups is 2. The molecule has 51 heavy (non-hydrogen) atoms. The van der Waals surface area contributed by atoms with Gasteiger partial charge in [-0.1, -0.05) is 76.8 Å². The van der Waals surface area contributed by atoms with E-state index < -0.39 is 46.8 Å². The van der Waals surface area contributed by atoms with Crippen molar-refractivity contribution in [2.24, 2.45) is 23.7 Å². The maximum absolute atomic E-state index is 15.3. The molecule has 4 amide bonds. The number of hydrogen-bond donors (Lipinski definition) is 2. The summed E-state index contributed by atoms with van der Waals surface area (Å²) in [6, 6.07) is 24.9. The molecule has 4 aliphatic rings. The number of fused-ring (bicyclic) bond motifs is 4. The number of halogens is 3. The van der Waals surface area contributed by atoms with Gasteiger partial charge in [0, 0.05) is 21.5 Å². The highest BCUT2D eigenvalue weighted by atomic mass is 35.5. The van der Waals surface area contributed by atoms with Gasteiger partial charge in [-0.05, 0) is 85.0 Å². The Bertz CT molecular complexity index is 2160. The summed E-state index contributed by atoms with van der Waals surface area (Å²) in [5.41, 5.74) is 3.59. The van der Waals surface area contributed by atoms with Gasteiger partial charge < -0.3 is 9.84 Å². The van der Waals surface area contributed by atoms with Crippen molar-refractivity contribution in [1.82, 2.24) is 5.01 Å². The van der Waals surface area contributed by atoms with Crippen LogP contribution in [0.3, 0.4) is 0 Å². The number of para-hydroxylation sites is 1. The number of carbonyl (C=O) groups excluding carboxylic acids is 4. The molecule has 6 atom stereocenters. The van der Waals surface area contributed by atoms with Crippen molar-refractivity contribution in [3.05, 3.63) is 129 Å². The third-order valence-corrected chi connectivity index (χ3v) is 11.7. The van der Waals surface area contributed by atoms with E-state index in [1.165, 1.54) is 24.1 Å². The van der Waals surface area contributed by atoms with E-state index in [1.54, 1.807) is 72.8 Å². The molecule has 2 heterocycles. The zero-order valence-electron chi connectivity index (χ0n) is 27.1. The van der Waals surface area contributed by atoms with E-state index in [0.29, 0.717) is 38.2 Å². The Morgan fingerprint density at radius 1 is 0.824 bits per heavy atom. The number of rotatable bonds is 6. The molecule has 12 heteroatoms. The van der Waals surface area contributed by atoms with Gasteiger partial charge in [-0.15, -0.1) is 0 Å². The number of allylic oxidation sites excluding steroid dienone is 2. The van der Waals surface area contributed by atoms with E-state index in [-0.39, 0.29) is 41.1 Å². The summed E-state index contributed by atoms with van der Waals surface area (Å²) in [5.74, 6) is -5.50. The van der Waals surface area contributed by atoms with Crippen molar-refractivity contribution in [2.75, 3.05) is 17.4 Å². The van der Waals surface area contributed by atoms with Crippen LogP contribution in [0.4, 0.5) is 11.4 Å². The summed E-state index contributed by atoms with van der Waals surface area (Å²) < 4.78 is 5.44. The largest absolute Gasteiger partial charge is 0.508 e. The van der Waals surface area contributed by atoms with Gasteiger partial charge in [0.2, 0.25) is 11.8 Å². The molecule has 1 saturated carbocycles. The maximum Gasteiger partial charge on any atom is 0.260 e. The van der Waals surface area contributed by atoms with Crippen LogP contribution in [0.1, 0.15) is 29.9 Å². The van der Waals surface area contributed by atoms with Crippen LogP contribution < -0.4 is 15.1 Å². The molecular formula is C39H30Cl3N3O6. The van der Waals surface area contributed by atoms with Gasteiger partial charge in [-0.25, -0.2) is 0 Å². The minimum atomic E-state index is -1.63. The lowest BCUT2D eigenvalue weighted by molar-refractivity contribution is -0.138. The number of nitrogens with one attached hydrogen (secondary N) is 1. The van der Waals surface area contributed by atoms with Gasteiger partial charge in [0.1, 0.15) is 11.5 Å². The van der Waals surface area contributed by atoms with E-state index in [9.17, 15) is 19.5 Å². The summed E-state index contributed by atoms with van der Waals surface area (Å²) in [5, 5.41) is 13.4. The molecule has 0 bridgehead atoms. The van der Waals surface area contributed by atoms with Crippen LogP contribution in [0.5, 0.6) is 11.5 Å². The van der Waals surface area contributed by atoms with Crippen LogP contribution in [0.25, 0.3) is 0 Å². The second-order valence-electron chi connectivity index (χ2n) is 13.3. The number of aromatic hydroxyl groups is 1. The van der Waals surface area contributed by atoms with Crippen molar-refractivity contribution in [1.29, 1.82) is 0 Å². The average molecular weight is 743 g/mol. The molecule has 0 aromatic heterocycles. The normalized spacial score (nSPS) is 26.8. The van der Waals surface area contributed by atoms with Crippen molar-refractivity contribution in [3.8, 4) is 11.5 Å². The summed E-state index contributed by atoms with van der Waals surface area (Å²) in [6.45, 7) is 0. The molecular weight excluding hydrogens is 713 g/mol. The molecule has 2 N–H and O–H groups in total. The molecule has 4 aromatic carbocycles. The molecule has 3 fully saturated rings.